The molecule has 0 saturated carbocycles. The van der Waals surface area contributed by atoms with E-state index in [0.29, 0.717) is 12.7 Å². The highest BCUT2D eigenvalue weighted by atomic mass is 16.1. The molecule has 0 heterocycles. The zero-order chi connectivity index (χ0) is 12.8. The van der Waals surface area contributed by atoms with Gasteiger partial charge >= 0.3 is 0 Å². The molecule has 7 nitrogen and oxygen atoms in total. The fourth-order valence-electron chi connectivity index (χ4n) is 0.362. The zero-order valence-electron chi connectivity index (χ0n) is 10.1. The summed E-state index contributed by atoms with van der Waals surface area (Å²) in [6.07, 6.45) is 4.38. The molecule has 92 valence electrons. The summed E-state index contributed by atoms with van der Waals surface area (Å²) in [5, 5.41) is 9.63. The first-order chi connectivity index (χ1) is 7.54. The van der Waals surface area contributed by atoms with Crippen LogP contribution >= 0.6 is 0 Å². The van der Waals surface area contributed by atoms with Crippen LogP contribution in [0, 0.1) is 0 Å². The Kier molecular flexibility index (Phi) is 13.5. The molecule has 16 heavy (non-hydrogen) atoms. The average Bonchev–Trinajstić information content (AvgIpc) is 2.22. The number of hydrogen-bond donors (Lipinski definition) is 1. The smallest absolute Gasteiger partial charge is 0.207 e. The molecule has 0 atom stereocenters. The molecule has 0 aromatic carbocycles. The largest absolute Gasteiger partial charge is 0.367 e. The van der Waals surface area contributed by atoms with Crippen LogP contribution in [0.15, 0.2) is 10.2 Å². The van der Waals surface area contributed by atoms with Gasteiger partial charge in [-0.1, -0.05) is 0 Å². The molecule has 0 bridgehead atoms. The minimum absolute atomic E-state index is 0.115. The highest BCUT2D eigenvalue weighted by Crippen LogP contribution is 1.71. The van der Waals surface area contributed by atoms with E-state index in [4.69, 9.17) is 0 Å². The summed E-state index contributed by atoms with van der Waals surface area (Å²) in [6, 6.07) is 0. The van der Waals surface area contributed by atoms with Gasteiger partial charge in [0.05, 0.1) is 6.54 Å². The van der Waals surface area contributed by atoms with Gasteiger partial charge < -0.3 is 19.9 Å². The number of carbonyl (C=O) groups excluding carboxylic acids is 2. The maximum atomic E-state index is 9.34. The average molecular weight is 229 g/mol. The molecule has 0 spiro atoms. The van der Waals surface area contributed by atoms with E-state index in [0.717, 1.165) is 0 Å². The Morgan fingerprint density at radius 3 is 1.62 bits per heavy atom. The molecule has 0 saturated heterocycles. The Bertz CT molecular complexity index is 202. The van der Waals surface area contributed by atoms with E-state index in [9.17, 15) is 9.59 Å². The Hall–Kier alpha value is -1.92. The van der Waals surface area contributed by atoms with Crippen LogP contribution in [0.5, 0.6) is 0 Å². The summed E-state index contributed by atoms with van der Waals surface area (Å²) in [5.74, 6) is 0. The fraction of sp³-hybridized carbons (Fsp3) is 0.556. The van der Waals surface area contributed by atoms with Crippen LogP contribution in [0.1, 0.15) is 0 Å². The summed E-state index contributed by atoms with van der Waals surface area (Å²) >= 11 is 0. The topological polar surface area (TPSA) is 77.4 Å². The minimum Gasteiger partial charge on any atom is -0.367 e. The zero-order valence-corrected chi connectivity index (χ0v) is 10.1. The van der Waals surface area contributed by atoms with Crippen LogP contribution < -0.4 is 5.32 Å². The second-order valence-electron chi connectivity index (χ2n) is 3.08. The van der Waals surface area contributed by atoms with Crippen molar-refractivity contribution in [3.05, 3.63) is 0 Å². The van der Waals surface area contributed by atoms with E-state index in [1.165, 1.54) is 0 Å². The molecule has 7 heteroatoms. The van der Waals surface area contributed by atoms with Crippen molar-refractivity contribution >= 4 is 25.4 Å². The lowest BCUT2D eigenvalue weighted by atomic mass is 10.7. The third-order valence-corrected chi connectivity index (χ3v) is 0.916. The van der Waals surface area contributed by atoms with Gasteiger partial charge in [0, 0.05) is 28.2 Å². The van der Waals surface area contributed by atoms with Gasteiger partial charge in [-0.3, -0.25) is 4.79 Å². The van der Waals surface area contributed by atoms with Crippen LogP contribution in [0.25, 0.3) is 0 Å². The molecule has 0 aromatic rings. The van der Waals surface area contributed by atoms with Crippen LogP contribution in [-0.4, -0.2) is 69.9 Å². The molecule has 0 fully saturated rings. The fourth-order valence-corrected chi connectivity index (χ4v) is 0.362. The summed E-state index contributed by atoms with van der Waals surface area (Å²) in [7, 11) is 7.59. The van der Waals surface area contributed by atoms with Crippen LogP contribution in [0.2, 0.25) is 0 Å². The lowest BCUT2D eigenvalue weighted by Gasteiger charge is -2.01. The predicted molar refractivity (Wildman–Crippen MR) is 64.5 cm³/mol. The van der Waals surface area contributed by atoms with Crippen molar-refractivity contribution in [3.63, 3.8) is 0 Å². The summed E-state index contributed by atoms with van der Waals surface area (Å²) in [5.41, 5.74) is 0. The molecule has 0 aliphatic carbocycles. The normalized spacial score (nSPS) is 9.50. The highest BCUT2D eigenvalue weighted by Gasteiger charge is 1.74. The number of rotatable bonds is 6. The van der Waals surface area contributed by atoms with Gasteiger partial charge in [-0.15, -0.1) is 10.2 Å². The predicted octanol–water partition coefficient (Wildman–Crippen LogP) is -0.987. The number of nitrogens with one attached hydrogen (secondary N) is 1. The number of nitrogens with zero attached hydrogens (tertiary/aromatic N) is 4. The van der Waals surface area contributed by atoms with E-state index >= 15 is 0 Å². The number of hydrogen-bond acceptors (Lipinski definition) is 4. The van der Waals surface area contributed by atoms with Crippen molar-refractivity contribution in [3.8, 4) is 0 Å². The standard InChI is InChI=1S/C6H14N4.C3H5NO2/c1-9(2)5-7-8-6-10(3)4;5-2-1-4-3-6/h5-6H,1-4H3;2-3H,1H2,(H,4,6)/b7-5+,8-6+;. The van der Waals surface area contributed by atoms with Crippen molar-refractivity contribution in [2.24, 2.45) is 10.2 Å². The van der Waals surface area contributed by atoms with E-state index < -0.39 is 0 Å². The van der Waals surface area contributed by atoms with Gasteiger partial charge in [0.25, 0.3) is 0 Å². The van der Waals surface area contributed by atoms with Crippen molar-refractivity contribution in [1.82, 2.24) is 15.1 Å². The summed E-state index contributed by atoms with van der Waals surface area (Å²) in [6.45, 7) is 0.115. The van der Waals surface area contributed by atoms with Crippen LogP contribution in [0.4, 0.5) is 0 Å². The first-order valence-corrected chi connectivity index (χ1v) is 4.54. The maximum Gasteiger partial charge on any atom is 0.207 e. The molecule has 1 N–H and O–H groups in total. The van der Waals surface area contributed by atoms with E-state index in [-0.39, 0.29) is 6.54 Å². The van der Waals surface area contributed by atoms with Crippen molar-refractivity contribution < 1.29 is 9.59 Å². The first kappa shape index (κ1) is 16.5. The first-order valence-electron chi connectivity index (χ1n) is 4.54. The lowest BCUT2D eigenvalue weighted by molar-refractivity contribution is -0.113. The maximum absolute atomic E-state index is 9.34. The van der Waals surface area contributed by atoms with Crippen LogP contribution in [-0.2, 0) is 9.59 Å². The third-order valence-electron chi connectivity index (χ3n) is 0.916. The van der Waals surface area contributed by atoms with Crippen molar-refractivity contribution in [2.45, 2.75) is 0 Å². The van der Waals surface area contributed by atoms with E-state index in [1.807, 2.05) is 38.0 Å². The van der Waals surface area contributed by atoms with Gasteiger partial charge in [-0.25, -0.2) is 0 Å². The summed E-state index contributed by atoms with van der Waals surface area (Å²) < 4.78 is 0. The van der Waals surface area contributed by atoms with Gasteiger partial charge in [0.1, 0.15) is 19.0 Å². The molecule has 0 rings (SSSR count). The van der Waals surface area contributed by atoms with Gasteiger partial charge in [0.2, 0.25) is 6.41 Å². The summed E-state index contributed by atoms with van der Waals surface area (Å²) in [4.78, 5) is 22.3. The van der Waals surface area contributed by atoms with Gasteiger partial charge in [-0.05, 0) is 0 Å². The van der Waals surface area contributed by atoms with Crippen molar-refractivity contribution in [1.29, 1.82) is 0 Å². The molecular weight excluding hydrogens is 210 g/mol. The monoisotopic (exact) mass is 229 g/mol. The van der Waals surface area contributed by atoms with Crippen molar-refractivity contribution in [2.75, 3.05) is 34.7 Å². The SMILES string of the molecule is CN(C)/C=N/N=C/N(C)C.O=CCNC=O. The molecular formula is C9H19N5O2. The second kappa shape index (κ2) is 13.1. The highest BCUT2D eigenvalue weighted by molar-refractivity contribution is 5.58. The van der Waals surface area contributed by atoms with E-state index in [2.05, 4.69) is 15.5 Å². The second-order valence-corrected chi connectivity index (χ2v) is 3.08. The molecule has 0 aliphatic heterocycles. The van der Waals surface area contributed by atoms with E-state index in [1.54, 1.807) is 12.7 Å². The quantitative estimate of drug-likeness (QED) is 0.209. The molecule has 1 amide bonds. The Morgan fingerprint density at radius 1 is 1.00 bits per heavy atom. The number of amides is 1. The number of aldehydes is 1. The minimum atomic E-state index is 0.115. The number of carbonyl (C=O) groups is 2. The third kappa shape index (κ3) is 22.7. The Morgan fingerprint density at radius 2 is 1.44 bits per heavy atom. The van der Waals surface area contributed by atoms with Gasteiger partial charge in [0.15, 0.2) is 0 Å². The molecule has 0 aliphatic rings. The molecule has 0 aromatic heterocycles. The lowest BCUT2D eigenvalue weighted by Crippen LogP contribution is -2.12. The van der Waals surface area contributed by atoms with Crippen LogP contribution in [0.3, 0.4) is 0 Å². The molecule has 0 radical (unpaired) electrons. The van der Waals surface area contributed by atoms with Gasteiger partial charge in [-0.2, -0.15) is 0 Å². The Balaban J connectivity index is 0. The Labute approximate surface area is 95.8 Å². The molecule has 0 unspecified atom stereocenters.